The van der Waals surface area contributed by atoms with Crippen molar-refractivity contribution in [1.29, 1.82) is 0 Å². The molecular formula is C14H11F3O2. The molecule has 0 N–H and O–H groups in total. The van der Waals surface area contributed by atoms with Crippen molar-refractivity contribution in [2.24, 2.45) is 0 Å². The molecule has 2 aromatic rings. The SMILES string of the molecule is Cc1cc(=O)c(-c2ccc(C(F)(F)F)cc2)c(C)o1. The van der Waals surface area contributed by atoms with Gasteiger partial charge in [-0.3, -0.25) is 4.79 Å². The minimum absolute atomic E-state index is 0.263. The normalized spacial score (nSPS) is 11.6. The van der Waals surface area contributed by atoms with Crippen LogP contribution in [0.1, 0.15) is 17.1 Å². The van der Waals surface area contributed by atoms with Gasteiger partial charge in [0.1, 0.15) is 11.5 Å². The highest BCUT2D eigenvalue weighted by Crippen LogP contribution is 2.31. The molecule has 0 aliphatic carbocycles. The molecule has 0 fully saturated rings. The van der Waals surface area contributed by atoms with E-state index in [1.54, 1.807) is 13.8 Å². The number of halogens is 3. The Morgan fingerprint density at radius 1 is 1.05 bits per heavy atom. The van der Waals surface area contributed by atoms with Crippen molar-refractivity contribution in [3.63, 3.8) is 0 Å². The van der Waals surface area contributed by atoms with E-state index in [-0.39, 0.29) is 5.43 Å². The van der Waals surface area contributed by atoms with Crippen LogP contribution in [0.3, 0.4) is 0 Å². The van der Waals surface area contributed by atoms with E-state index < -0.39 is 11.7 Å². The van der Waals surface area contributed by atoms with Gasteiger partial charge in [-0.15, -0.1) is 0 Å². The predicted molar refractivity (Wildman–Crippen MR) is 64.9 cm³/mol. The zero-order valence-electron chi connectivity index (χ0n) is 10.3. The van der Waals surface area contributed by atoms with E-state index in [1.165, 1.54) is 18.2 Å². The number of rotatable bonds is 1. The van der Waals surface area contributed by atoms with Crippen LogP contribution >= 0.6 is 0 Å². The van der Waals surface area contributed by atoms with Crippen molar-refractivity contribution in [3.8, 4) is 11.1 Å². The fourth-order valence-electron chi connectivity index (χ4n) is 1.92. The van der Waals surface area contributed by atoms with Gasteiger partial charge in [0.05, 0.1) is 11.1 Å². The monoisotopic (exact) mass is 268 g/mol. The molecule has 1 heterocycles. The van der Waals surface area contributed by atoms with Gasteiger partial charge in [-0.25, -0.2) is 0 Å². The average molecular weight is 268 g/mol. The Bertz CT molecular complexity index is 652. The Morgan fingerprint density at radius 2 is 1.63 bits per heavy atom. The number of hydrogen-bond acceptors (Lipinski definition) is 2. The summed E-state index contributed by atoms with van der Waals surface area (Å²) in [6.45, 7) is 3.26. The highest BCUT2D eigenvalue weighted by atomic mass is 19.4. The van der Waals surface area contributed by atoms with Gasteiger partial charge in [0.2, 0.25) is 0 Å². The largest absolute Gasteiger partial charge is 0.466 e. The van der Waals surface area contributed by atoms with Crippen molar-refractivity contribution < 1.29 is 17.6 Å². The van der Waals surface area contributed by atoms with Gasteiger partial charge in [0.15, 0.2) is 5.43 Å². The zero-order chi connectivity index (χ0) is 14.2. The summed E-state index contributed by atoms with van der Waals surface area (Å²) in [4.78, 5) is 11.9. The molecule has 0 aliphatic heterocycles. The van der Waals surface area contributed by atoms with Gasteiger partial charge >= 0.3 is 6.18 Å². The van der Waals surface area contributed by atoms with Crippen molar-refractivity contribution in [2.45, 2.75) is 20.0 Å². The molecule has 0 radical (unpaired) electrons. The second-order valence-electron chi connectivity index (χ2n) is 4.23. The van der Waals surface area contributed by atoms with Gasteiger partial charge in [-0.1, -0.05) is 12.1 Å². The van der Waals surface area contributed by atoms with Gasteiger partial charge in [-0.2, -0.15) is 13.2 Å². The molecule has 0 atom stereocenters. The molecule has 0 amide bonds. The van der Waals surface area contributed by atoms with Crippen LogP contribution in [-0.2, 0) is 6.18 Å². The summed E-state index contributed by atoms with van der Waals surface area (Å²) < 4.78 is 42.7. The van der Waals surface area contributed by atoms with Crippen LogP contribution in [0.2, 0.25) is 0 Å². The van der Waals surface area contributed by atoms with Crippen LogP contribution in [0.25, 0.3) is 11.1 Å². The molecule has 0 spiro atoms. The van der Waals surface area contributed by atoms with Gasteiger partial charge in [-0.05, 0) is 31.5 Å². The van der Waals surface area contributed by atoms with E-state index in [1.807, 2.05) is 0 Å². The first-order valence-corrected chi connectivity index (χ1v) is 5.58. The third kappa shape index (κ3) is 2.70. The summed E-state index contributed by atoms with van der Waals surface area (Å²) in [5.41, 5.74) is -0.301. The van der Waals surface area contributed by atoms with E-state index in [9.17, 15) is 18.0 Å². The van der Waals surface area contributed by atoms with Crippen molar-refractivity contribution in [1.82, 2.24) is 0 Å². The van der Waals surface area contributed by atoms with Crippen LogP contribution in [0.15, 0.2) is 39.5 Å². The predicted octanol–water partition coefficient (Wildman–Crippen LogP) is 3.94. The third-order valence-corrected chi connectivity index (χ3v) is 2.75. The molecule has 19 heavy (non-hydrogen) atoms. The number of benzene rings is 1. The summed E-state index contributed by atoms with van der Waals surface area (Å²) in [5.74, 6) is 0.864. The molecule has 2 rings (SSSR count). The smallest absolute Gasteiger partial charge is 0.416 e. The second kappa shape index (κ2) is 4.57. The molecule has 0 aliphatic rings. The lowest BCUT2D eigenvalue weighted by Gasteiger charge is -2.08. The van der Waals surface area contributed by atoms with Gasteiger partial charge < -0.3 is 4.42 Å². The van der Waals surface area contributed by atoms with Crippen LogP contribution < -0.4 is 5.43 Å². The number of aryl methyl sites for hydroxylation is 2. The topological polar surface area (TPSA) is 30.2 Å². The van der Waals surface area contributed by atoms with Gasteiger partial charge in [0.25, 0.3) is 0 Å². The first-order chi connectivity index (χ1) is 8.79. The number of alkyl halides is 3. The van der Waals surface area contributed by atoms with Crippen LogP contribution in [0.5, 0.6) is 0 Å². The second-order valence-corrected chi connectivity index (χ2v) is 4.23. The summed E-state index contributed by atoms with van der Waals surface area (Å²) >= 11 is 0. The summed E-state index contributed by atoms with van der Waals surface area (Å²) in [7, 11) is 0. The summed E-state index contributed by atoms with van der Waals surface area (Å²) in [6, 6.07) is 5.77. The molecule has 0 bridgehead atoms. The minimum atomic E-state index is -4.38. The zero-order valence-corrected chi connectivity index (χ0v) is 10.3. The van der Waals surface area contributed by atoms with Crippen LogP contribution in [-0.4, -0.2) is 0 Å². The van der Waals surface area contributed by atoms with E-state index in [0.717, 1.165) is 12.1 Å². The maximum atomic E-state index is 12.5. The third-order valence-electron chi connectivity index (χ3n) is 2.75. The molecule has 0 saturated carbocycles. The van der Waals surface area contributed by atoms with E-state index in [4.69, 9.17) is 4.42 Å². The van der Waals surface area contributed by atoms with Crippen LogP contribution in [0, 0.1) is 13.8 Å². The van der Waals surface area contributed by atoms with Crippen LogP contribution in [0.4, 0.5) is 13.2 Å². The molecule has 5 heteroatoms. The summed E-state index contributed by atoms with van der Waals surface area (Å²) in [6.07, 6.45) is -4.38. The average Bonchev–Trinajstić information content (AvgIpc) is 2.27. The van der Waals surface area contributed by atoms with Crippen molar-refractivity contribution in [3.05, 3.63) is 57.6 Å². The van der Waals surface area contributed by atoms with Crippen molar-refractivity contribution >= 4 is 0 Å². The van der Waals surface area contributed by atoms with Gasteiger partial charge in [0, 0.05) is 6.07 Å². The Morgan fingerprint density at radius 3 is 2.11 bits per heavy atom. The fourth-order valence-corrected chi connectivity index (χ4v) is 1.92. The van der Waals surface area contributed by atoms with Crippen molar-refractivity contribution in [2.75, 3.05) is 0 Å². The first kappa shape index (κ1) is 13.4. The summed E-state index contributed by atoms with van der Waals surface area (Å²) in [5, 5.41) is 0. The Balaban J connectivity index is 2.52. The maximum absolute atomic E-state index is 12.5. The molecular weight excluding hydrogens is 257 g/mol. The van der Waals surface area contributed by atoms with E-state index >= 15 is 0 Å². The first-order valence-electron chi connectivity index (χ1n) is 5.58. The molecule has 1 aromatic carbocycles. The Hall–Kier alpha value is -2.04. The van der Waals surface area contributed by atoms with E-state index in [0.29, 0.717) is 22.6 Å². The molecule has 2 nitrogen and oxygen atoms in total. The molecule has 1 aromatic heterocycles. The number of hydrogen-bond donors (Lipinski definition) is 0. The molecule has 0 saturated heterocycles. The standard InChI is InChI=1S/C14H11F3O2/c1-8-7-12(18)13(9(2)19-8)10-3-5-11(6-4-10)14(15,16)17/h3-7H,1-2H3. The lowest BCUT2D eigenvalue weighted by Crippen LogP contribution is -2.07. The fraction of sp³-hybridized carbons (Fsp3) is 0.214. The Kier molecular flexibility index (Phi) is 3.22. The maximum Gasteiger partial charge on any atom is 0.416 e. The quantitative estimate of drug-likeness (QED) is 0.784. The highest BCUT2D eigenvalue weighted by Gasteiger charge is 2.30. The molecule has 0 unspecified atom stereocenters. The molecule has 100 valence electrons. The van der Waals surface area contributed by atoms with E-state index in [2.05, 4.69) is 0 Å². The lowest BCUT2D eigenvalue weighted by molar-refractivity contribution is -0.137. The highest BCUT2D eigenvalue weighted by molar-refractivity contribution is 5.65. The minimum Gasteiger partial charge on any atom is -0.466 e. The lowest BCUT2D eigenvalue weighted by atomic mass is 10.0. The Labute approximate surface area is 107 Å².